The number of ether oxygens (including phenoxy) is 1. The fourth-order valence-electron chi connectivity index (χ4n) is 4.82. The number of hydrogen-bond donors (Lipinski definition) is 2. The van der Waals surface area contributed by atoms with Gasteiger partial charge in [-0.15, -0.1) is 0 Å². The van der Waals surface area contributed by atoms with E-state index in [2.05, 4.69) is 10.6 Å². The Kier molecular flexibility index (Phi) is 2.97. The fraction of sp³-hybridized carbons (Fsp3) is 0.579. The summed E-state index contributed by atoms with van der Waals surface area (Å²) >= 11 is 0. The van der Waals surface area contributed by atoms with E-state index in [4.69, 9.17) is 4.74 Å². The standard InChI is InChI=1S/C19H22N2O3/c22-17(20-13-7-8-13)15-9-12-6-5-11(15)10-19(12)21-18(23)14-3-1-2-4-16(14)24-19/h1-4,11-13,15H,5-10H2,(H,20,22)(H,21,23)/t11-,12+,15-,19-/m1/s1. The Hall–Kier alpha value is -2.04. The molecule has 24 heavy (non-hydrogen) atoms. The van der Waals surface area contributed by atoms with E-state index in [0.717, 1.165) is 38.5 Å². The Morgan fingerprint density at radius 2 is 2.04 bits per heavy atom. The lowest BCUT2D eigenvalue weighted by atomic mass is 9.60. The van der Waals surface area contributed by atoms with Crippen molar-refractivity contribution >= 4 is 11.8 Å². The molecule has 126 valence electrons. The van der Waals surface area contributed by atoms with Gasteiger partial charge in [0.15, 0.2) is 5.72 Å². The predicted octanol–water partition coefficient (Wildman–Crippen LogP) is 2.22. The lowest BCUT2D eigenvalue weighted by Gasteiger charge is -2.55. The van der Waals surface area contributed by atoms with Gasteiger partial charge in [-0.05, 0) is 50.2 Å². The number of para-hydroxylation sites is 1. The van der Waals surface area contributed by atoms with E-state index in [1.807, 2.05) is 18.2 Å². The summed E-state index contributed by atoms with van der Waals surface area (Å²) in [6, 6.07) is 7.83. The second kappa shape index (κ2) is 4.98. The highest BCUT2D eigenvalue weighted by Gasteiger charge is 2.57. The van der Waals surface area contributed by atoms with Crippen LogP contribution in [0.25, 0.3) is 0 Å². The molecule has 2 bridgehead atoms. The van der Waals surface area contributed by atoms with Gasteiger partial charge in [-0.1, -0.05) is 12.1 Å². The van der Waals surface area contributed by atoms with Crippen molar-refractivity contribution in [1.82, 2.24) is 10.6 Å². The van der Waals surface area contributed by atoms with E-state index >= 15 is 0 Å². The Morgan fingerprint density at radius 1 is 1.21 bits per heavy atom. The molecule has 4 fully saturated rings. The van der Waals surface area contributed by atoms with Crippen LogP contribution in [0.4, 0.5) is 0 Å². The van der Waals surface area contributed by atoms with E-state index in [-0.39, 0.29) is 23.7 Å². The molecular formula is C19H22N2O3. The normalized spacial score (nSPS) is 36.7. The van der Waals surface area contributed by atoms with Crippen molar-refractivity contribution in [1.29, 1.82) is 0 Å². The summed E-state index contributed by atoms with van der Waals surface area (Å²) in [5.74, 6) is 1.41. The zero-order valence-electron chi connectivity index (χ0n) is 13.6. The number of amides is 2. The van der Waals surface area contributed by atoms with Gasteiger partial charge in [0.1, 0.15) is 5.75 Å². The van der Waals surface area contributed by atoms with Crippen LogP contribution in [0, 0.1) is 17.8 Å². The van der Waals surface area contributed by atoms with E-state index in [9.17, 15) is 9.59 Å². The van der Waals surface area contributed by atoms with Gasteiger partial charge >= 0.3 is 0 Å². The van der Waals surface area contributed by atoms with Crippen molar-refractivity contribution in [2.24, 2.45) is 17.8 Å². The van der Waals surface area contributed by atoms with Gasteiger partial charge < -0.3 is 15.4 Å². The lowest BCUT2D eigenvalue weighted by molar-refractivity contribution is -0.146. The molecule has 5 aliphatic rings. The summed E-state index contributed by atoms with van der Waals surface area (Å²) in [4.78, 5) is 25.1. The van der Waals surface area contributed by atoms with Crippen molar-refractivity contribution in [3.05, 3.63) is 29.8 Å². The lowest BCUT2D eigenvalue weighted by Crippen LogP contribution is -2.67. The van der Waals surface area contributed by atoms with Gasteiger partial charge in [0.05, 0.1) is 5.56 Å². The first-order chi connectivity index (χ1) is 11.6. The highest BCUT2D eigenvalue weighted by molar-refractivity contribution is 5.98. The Balaban J connectivity index is 1.40. The number of fused-ring (bicyclic) bond motifs is 3. The average Bonchev–Trinajstić information content (AvgIpc) is 3.39. The first-order valence-electron chi connectivity index (χ1n) is 9.05. The van der Waals surface area contributed by atoms with Crippen molar-refractivity contribution in [2.75, 3.05) is 0 Å². The van der Waals surface area contributed by atoms with E-state index in [1.54, 1.807) is 6.07 Å². The smallest absolute Gasteiger partial charge is 0.258 e. The third-order valence-electron chi connectivity index (χ3n) is 6.23. The highest BCUT2D eigenvalue weighted by atomic mass is 16.5. The molecule has 1 aromatic rings. The Bertz CT molecular complexity index is 714. The molecule has 5 nitrogen and oxygen atoms in total. The molecule has 6 rings (SSSR count). The number of carbonyl (C=O) groups is 2. The zero-order valence-corrected chi connectivity index (χ0v) is 13.6. The Morgan fingerprint density at radius 3 is 2.79 bits per heavy atom. The fourth-order valence-corrected chi connectivity index (χ4v) is 4.82. The maximum Gasteiger partial charge on any atom is 0.258 e. The van der Waals surface area contributed by atoms with Crippen molar-refractivity contribution in [3.63, 3.8) is 0 Å². The van der Waals surface area contributed by atoms with Gasteiger partial charge in [0, 0.05) is 24.3 Å². The summed E-state index contributed by atoms with van der Waals surface area (Å²) in [5.41, 5.74) is -0.0161. The van der Waals surface area contributed by atoms with Gasteiger partial charge in [-0.25, -0.2) is 0 Å². The van der Waals surface area contributed by atoms with Gasteiger partial charge in [-0.2, -0.15) is 0 Å². The molecule has 4 atom stereocenters. The van der Waals surface area contributed by atoms with Gasteiger partial charge in [0.25, 0.3) is 5.91 Å². The molecule has 4 aliphatic carbocycles. The second-order valence-corrected chi connectivity index (χ2v) is 7.81. The van der Waals surface area contributed by atoms with E-state index in [1.165, 1.54) is 0 Å². The van der Waals surface area contributed by atoms with Crippen LogP contribution in [0.1, 0.15) is 48.9 Å². The minimum absolute atomic E-state index is 0.0524. The van der Waals surface area contributed by atoms with Crippen LogP contribution >= 0.6 is 0 Å². The first kappa shape index (κ1) is 14.3. The summed E-state index contributed by atoms with van der Waals surface area (Å²) in [6.07, 6.45) is 5.85. The topological polar surface area (TPSA) is 67.4 Å². The molecule has 4 saturated carbocycles. The third kappa shape index (κ3) is 2.14. The van der Waals surface area contributed by atoms with Crippen molar-refractivity contribution < 1.29 is 14.3 Å². The number of hydrogen-bond acceptors (Lipinski definition) is 3. The summed E-state index contributed by atoms with van der Waals surface area (Å²) in [7, 11) is 0. The summed E-state index contributed by atoms with van der Waals surface area (Å²) < 4.78 is 6.32. The number of benzene rings is 1. The zero-order chi connectivity index (χ0) is 16.3. The van der Waals surface area contributed by atoms with E-state index in [0.29, 0.717) is 23.3 Å². The van der Waals surface area contributed by atoms with Crippen LogP contribution in [-0.4, -0.2) is 23.6 Å². The predicted molar refractivity (Wildman–Crippen MR) is 87.4 cm³/mol. The number of nitrogens with one attached hydrogen (secondary N) is 2. The van der Waals surface area contributed by atoms with Gasteiger partial charge in [-0.3, -0.25) is 9.59 Å². The molecule has 0 saturated heterocycles. The minimum atomic E-state index is -0.620. The van der Waals surface area contributed by atoms with Crippen LogP contribution in [0.15, 0.2) is 24.3 Å². The molecule has 1 aliphatic heterocycles. The van der Waals surface area contributed by atoms with Crippen molar-refractivity contribution in [2.45, 2.75) is 50.3 Å². The SMILES string of the molecule is O=C1N[C@]2(C[C@H]3CC[C@H]2C[C@H]3C(=O)NC2CC2)Oc2ccccc21. The molecule has 1 aromatic carbocycles. The average molecular weight is 326 g/mol. The van der Waals surface area contributed by atoms with Crippen LogP contribution in [0.2, 0.25) is 0 Å². The first-order valence-corrected chi connectivity index (χ1v) is 9.05. The second-order valence-electron chi connectivity index (χ2n) is 7.81. The third-order valence-corrected chi connectivity index (χ3v) is 6.23. The molecule has 0 unspecified atom stereocenters. The maximum atomic E-state index is 12.5. The van der Waals surface area contributed by atoms with Crippen LogP contribution in [0.5, 0.6) is 5.75 Å². The van der Waals surface area contributed by atoms with Gasteiger partial charge in [0.2, 0.25) is 5.91 Å². The number of carbonyl (C=O) groups excluding carboxylic acids is 2. The summed E-state index contributed by atoms with van der Waals surface area (Å²) in [6.45, 7) is 0. The summed E-state index contributed by atoms with van der Waals surface area (Å²) in [5, 5.41) is 6.30. The van der Waals surface area contributed by atoms with E-state index < -0.39 is 5.72 Å². The Labute approximate surface area is 141 Å². The molecular weight excluding hydrogens is 304 g/mol. The highest BCUT2D eigenvalue weighted by Crippen LogP contribution is 2.52. The number of rotatable bonds is 2. The van der Waals surface area contributed by atoms with Crippen LogP contribution in [-0.2, 0) is 4.79 Å². The molecule has 1 heterocycles. The molecule has 0 aromatic heterocycles. The molecule has 5 heteroatoms. The minimum Gasteiger partial charge on any atom is -0.467 e. The molecule has 0 radical (unpaired) electrons. The molecule has 1 spiro atoms. The largest absolute Gasteiger partial charge is 0.467 e. The quantitative estimate of drug-likeness (QED) is 0.876. The van der Waals surface area contributed by atoms with Crippen molar-refractivity contribution in [3.8, 4) is 5.75 Å². The van der Waals surface area contributed by atoms with Crippen LogP contribution in [0.3, 0.4) is 0 Å². The molecule has 2 amide bonds. The monoisotopic (exact) mass is 326 g/mol. The maximum absolute atomic E-state index is 12.5. The molecule has 2 N–H and O–H groups in total. The van der Waals surface area contributed by atoms with Crippen LogP contribution < -0.4 is 15.4 Å².